The van der Waals surface area contributed by atoms with Gasteiger partial charge in [-0.3, -0.25) is 0 Å². The Hall–Kier alpha value is -0.890. The molecule has 0 aliphatic heterocycles. The molecule has 0 heterocycles. The van der Waals surface area contributed by atoms with Crippen LogP contribution in [0.5, 0.6) is 0 Å². The van der Waals surface area contributed by atoms with Crippen molar-refractivity contribution in [3.8, 4) is 0 Å². The number of hydrogen-bond donors (Lipinski definition) is 0. The highest BCUT2D eigenvalue weighted by Crippen LogP contribution is 2.27. The molecule has 0 N–H and O–H groups in total. The molecule has 0 saturated heterocycles. The van der Waals surface area contributed by atoms with Crippen molar-refractivity contribution >= 4 is 23.0 Å². The third kappa shape index (κ3) is 3.03. The van der Waals surface area contributed by atoms with E-state index in [-0.39, 0.29) is 0 Å². The summed E-state index contributed by atoms with van der Waals surface area (Å²) in [4.78, 5) is 2.15. The van der Waals surface area contributed by atoms with Crippen LogP contribution >= 0.6 is 11.8 Å². The van der Waals surface area contributed by atoms with E-state index in [1.807, 2.05) is 11.8 Å². The maximum Gasteiger partial charge on any atom is 0.0440 e. The van der Waals surface area contributed by atoms with E-state index in [1.54, 1.807) is 0 Å². The number of hydrogen-bond acceptors (Lipinski definition) is 2. The standard InChI is InChI=1S/C13H19NS/c1-10-6-7-12(11(2)9-15-5)13(8-10)14(3)4/h6-8H,2,9H2,1,3-5H3. The van der Waals surface area contributed by atoms with Gasteiger partial charge in [0, 0.05) is 31.1 Å². The third-order valence-corrected chi connectivity index (χ3v) is 2.97. The van der Waals surface area contributed by atoms with Crippen LogP contribution < -0.4 is 4.90 Å². The van der Waals surface area contributed by atoms with Gasteiger partial charge in [-0.2, -0.15) is 11.8 Å². The van der Waals surface area contributed by atoms with E-state index in [9.17, 15) is 0 Å². The predicted molar refractivity (Wildman–Crippen MR) is 72.9 cm³/mol. The summed E-state index contributed by atoms with van der Waals surface area (Å²) in [6.45, 7) is 6.26. The summed E-state index contributed by atoms with van der Waals surface area (Å²) < 4.78 is 0. The summed E-state index contributed by atoms with van der Waals surface area (Å²) >= 11 is 1.81. The normalized spacial score (nSPS) is 10.1. The largest absolute Gasteiger partial charge is 0.377 e. The monoisotopic (exact) mass is 221 g/mol. The molecule has 0 aliphatic rings. The SMILES string of the molecule is C=C(CSC)c1ccc(C)cc1N(C)C. The van der Waals surface area contributed by atoms with E-state index in [4.69, 9.17) is 0 Å². The molecular weight excluding hydrogens is 202 g/mol. The van der Waals surface area contributed by atoms with E-state index in [0.29, 0.717) is 0 Å². The zero-order valence-corrected chi connectivity index (χ0v) is 10.8. The van der Waals surface area contributed by atoms with Crippen molar-refractivity contribution in [2.75, 3.05) is 31.0 Å². The summed E-state index contributed by atoms with van der Waals surface area (Å²) in [7, 11) is 4.15. The molecule has 0 atom stereocenters. The average Bonchev–Trinajstić information content (AvgIpc) is 2.17. The van der Waals surface area contributed by atoms with Gasteiger partial charge < -0.3 is 4.90 Å². The van der Waals surface area contributed by atoms with Gasteiger partial charge in [-0.25, -0.2) is 0 Å². The molecule has 1 aromatic carbocycles. The van der Waals surface area contributed by atoms with Gasteiger partial charge in [0.05, 0.1) is 0 Å². The number of benzene rings is 1. The van der Waals surface area contributed by atoms with E-state index in [1.165, 1.54) is 22.4 Å². The van der Waals surface area contributed by atoms with Crippen LogP contribution in [0.15, 0.2) is 24.8 Å². The third-order valence-electron chi connectivity index (χ3n) is 2.33. The maximum absolute atomic E-state index is 4.14. The second-order valence-corrected chi connectivity index (χ2v) is 4.82. The smallest absolute Gasteiger partial charge is 0.0440 e. The molecule has 0 fully saturated rings. The van der Waals surface area contributed by atoms with Crippen LogP contribution in [0.2, 0.25) is 0 Å². The molecule has 82 valence electrons. The number of aryl methyl sites for hydroxylation is 1. The fourth-order valence-corrected chi connectivity index (χ4v) is 2.07. The lowest BCUT2D eigenvalue weighted by atomic mass is 10.0. The summed E-state index contributed by atoms with van der Waals surface area (Å²) in [5, 5.41) is 0. The Bertz CT molecular complexity index is 356. The number of thioether (sulfide) groups is 1. The van der Waals surface area contributed by atoms with E-state index < -0.39 is 0 Å². The molecule has 0 spiro atoms. The quantitative estimate of drug-likeness (QED) is 0.766. The Labute approximate surface area is 97.2 Å². The van der Waals surface area contributed by atoms with Crippen LogP contribution in [0.3, 0.4) is 0 Å². The summed E-state index contributed by atoms with van der Waals surface area (Å²) in [6.07, 6.45) is 2.11. The molecule has 0 saturated carbocycles. The van der Waals surface area contributed by atoms with Crippen LogP contribution in [0.4, 0.5) is 5.69 Å². The topological polar surface area (TPSA) is 3.24 Å². The maximum atomic E-state index is 4.14. The first kappa shape index (κ1) is 12.2. The van der Waals surface area contributed by atoms with Crippen molar-refractivity contribution in [1.29, 1.82) is 0 Å². The molecule has 0 unspecified atom stereocenters. The van der Waals surface area contributed by atoms with E-state index in [0.717, 1.165) is 5.75 Å². The average molecular weight is 221 g/mol. The Morgan fingerprint density at radius 1 is 1.40 bits per heavy atom. The number of rotatable bonds is 4. The minimum Gasteiger partial charge on any atom is -0.377 e. The van der Waals surface area contributed by atoms with Crippen molar-refractivity contribution in [3.63, 3.8) is 0 Å². The first-order valence-corrected chi connectivity index (χ1v) is 6.40. The Morgan fingerprint density at radius 2 is 2.07 bits per heavy atom. The minimum atomic E-state index is 0.990. The van der Waals surface area contributed by atoms with Gasteiger partial charge in [0.1, 0.15) is 0 Å². The molecule has 0 aromatic heterocycles. The molecular formula is C13H19NS. The molecule has 0 bridgehead atoms. The zero-order chi connectivity index (χ0) is 11.4. The van der Waals surface area contributed by atoms with Crippen LogP contribution in [0.1, 0.15) is 11.1 Å². The van der Waals surface area contributed by atoms with Gasteiger partial charge in [-0.05, 0) is 30.4 Å². The Kier molecular flexibility index (Phi) is 4.28. The summed E-state index contributed by atoms with van der Waals surface area (Å²) in [6, 6.07) is 6.53. The lowest BCUT2D eigenvalue weighted by Gasteiger charge is -2.19. The second kappa shape index (κ2) is 5.26. The number of anilines is 1. The van der Waals surface area contributed by atoms with Crippen molar-refractivity contribution in [2.24, 2.45) is 0 Å². The van der Waals surface area contributed by atoms with Gasteiger partial charge in [-0.1, -0.05) is 18.7 Å². The molecule has 0 radical (unpaired) electrons. The minimum absolute atomic E-state index is 0.990. The fourth-order valence-electron chi connectivity index (χ4n) is 1.56. The molecule has 15 heavy (non-hydrogen) atoms. The lowest BCUT2D eigenvalue weighted by molar-refractivity contribution is 1.12. The summed E-state index contributed by atoms with van der Waals surface area (Å²) in [5.74, 6) is 0.990. The molecule has 0 aliphatic carbocycles. The first-order valence-electron chi connectivity index (χ1n) is 5.01. The number of nitrogens with zero attached hydrogens (tertiary/aromatic N) is 1. The van der Waals surface area contributed by atoms with Gasteiger partial charge >= 0.3 is 0 Å². The van der Waals surface area contributed by atoms with Crippen molar-refractivity contribution in [3.05, 3.63) is 35.9 Å². The first-order chi connectivity index (χ1) is 7.06. The van der Waals surface area contributed by atoms with Crippen LogP contribution in [-0.2, 0) is 0 Å². The molecule has 2 heteroatoms. The predicted octanol–water partition coefficient (Wildman–Crippen LogP) is 3.44. The van der Waals surface area contributed by atoms with Gasteiger partial charge in [0.25, 0.3) is 0 Å². The van der Waals surface area contributed by atoms with Crippen molar-refractivity contribution in [2.45, 2.75) is 6.92 Å². The van der Waals surface area contributed by atoms with E-state index in [2.05, 4.69) is 57.0 Å². The van der Waals surface area contributed by atoms with E-state index >= 15 is 0 Å². The second-order valence-electron chi connectivity index (χ2n) is 3.95. The fraction of sp³-hybridized carbons (Fsp3) is 0.385. The molecule has 0 amide bonds. The Morgan fingerprint density at radius 3 is 2.60 bits per heavy atom. The molecule has 1 nitrogen and oxygen atoms in total. The zero-order valence-electron chi connectivity index (χ0n) is 10.0. The van der Waals surface area contributed by atoms with Crippen LogP contribution in [-0.4, -0.2) is 26.1 Å². The van der Waals surface area contributed by atoms with Crippen molar-refractivity contribution < 1.29 is 0 Å². The van der Waals surface area contributed by atoms with Gasteiger partial charge in [0.2, 0.25) is 0 Å². The summed E-state index contributed by atoms with van der Waals surface area (Å²) in [5.41, 5.74) is 5.01. The Balaban J connectivity index is 3.11. The van der Waals surface area contributed by atoms with Crippen LogP contribution in [0.25, 0.3) is 5.57 Å². The van der Waals surface area contributed by atoms with Crippen LogP contribution in [0, 0.1) is 6.92 Å². The highest BCUT2D eigenvalue weighted by molar-refractivity contribution is 7.99. The highest BCUT2D eigenvalue weighted by Gasteiger charge is 2.07. The highest BCUT2D eigenvalue weighted by atomic mass is 32.2. The molecule has 1 rings (SSSR count). The van der Waals surface area contributed by atoms with Crippen molar-refractivity contribution in [1.82, 2.24) is 0 Å². The lowest BCUT2D eigenvalue weighted by Crippen LogP contribution is -2.11. The van der Waals surface area contributed by atoms with Gasteiger partial charge in [-0.15, -0.1) is 0 Å². The molecule has 1 aromatic rings. The van der Waals surface area contributed by atoms with Gasteiger partial charge in [0.15, 0.2) is 0 Å².